The van der Waals surface area contributed by atoms with Crippen LogP contribution in [0.5, 0.6) is 5.88 Å². The van der Waals surface area contributed by atoms with E-state index >= 15 is 0 Å². The van der Waals surface area contributed by atoms with Crippen LogP contribution in [0.2, 0.25) is 0 Å². The molecule has 1 aliphatic carbocycles. The molecule has 2 amide bonds. The predicted molar refractivity (Wildman–Crippen MR) is 95.1 cm³/mol. The van der Waals surface area contributed by atoms with Crippen LogP contribution in [-0.2, 0) is 4.79 Å². The first-order valence-electron chi connectivity index (χ1n) is 8.81. The highest BCUT2D eigenvalue weighted by molar-refractivity contribution is 5.95. The smallest absolute Gasteiger partial charge is 0.422 e. The third-order valence-corrected chi connectivity index (χ3v) is 4.06. The number of hydrogen-bond acceptors (Lipinski definition) is 6. The fraction of sp³-hybridized carbons (Fsp3) is 0.389. The van der Waals surface area contributed by atoms with E-state index < -0.39 is 24.7 Å². The number of carbonyl (C=O) groups excluding carboxylic acids is 2. The first-order valence-corrected chi connectivity index (χ1v) is 8.81. The molecule has 154 valence electrons. The molecule has 0 bridgehead atoms. The summed E-state index contributed by atoms with van der Waals surface area (Å²) in [4.78, 5) is 36.0. The van der Waals surface area contributed by atoms with Gasteiger partial charge in [0, 0.05) is 24.4 Å². The fourth-order valence-electron chi connectivity index (χ4n) is 2.35. The summed E-state index contributed by atoms with van der Waals surface area (Å²) in [6, 6.07) is 3.71. The van der Waals surface area contributed by atoms with Gasteiger partial charge in [-0.2, -0.15) is 13.2 Å². The number of amides is 2. The number of pyridine rings is 1. The highest BCUT2D eigenvalue weighted by Gasteiger charge is 2.30. The van der Waals surface area contributed by atoms with Crippen LogP contribution in [0.3, 0.4) is 0 Å². The molecule has 2 N–H and O–H groups in total. The second-order valence-corrected chi connectivity index (χ2v) is 6.56. The molecule has 1 atom stereocenters. The summed E-state index contributed by atoms with van der Waals surface area (Å²) in [5, 5.41) is 5.27. The van der Waals surface area contributed by atoms with Gasteiger partial charge in [0.2, 0.25) is 17.7 Å². The fourth-order valence-corrected chi connectivity index (χ4v) is 2.35. The van der Waals surface area contributed by atoms with E-state index in [0.717, 1.165) is 12.8 Å². The van der Waals surface area contributed by atoms with Crippen molar-refractivity contribution in [2.24, 2.45) is 5.92 Å². The maximum Gasteiger partial charge on any atom is 0.422 e. The molecule has 11 heteroatoms. The normalized spacial score (nSPS) is 14.8. The molecule has 1 saturated carbocycles. The minimum absolute atomic E-state index is 0.0216. The number of anilines is 1. The van der Waals surface area contributed by atoms with Gasteiger partial charge in [0.15, 0.2) is 6.61 Å². The van der Waals surface area contributed by atoms with Crippen LogP contribution in [0.4, 0.5) is 19.1 Å². The van der Waals surface area contributed by atoms with E-state index in [2.05, 4.69) is 30.3 Å². The summed E-state index contributed by atoms with van der Waals surface area (Å²) in [7, 11) is 0. The molecular formula is C18H18F3N5O3. The van der Waals surface area contributed by atoms with Gasteiger partial charge in [-0.25, -0.2) is 15.0 Å². The van der Waals surface area contributed by atoms with Gasteiger partial charge in [0.25, 0.3) is 5.91 Å². The van der Waals surface area contributed by atoms with Gasteiger partial charge in [-0.05, 0) is 31.4 Å². The second kappa shape index (κ2) is 8.41. The van der Waals surface area contributed by atoms with Crippen molar-refractivity contribution >= 4 is 17.8 Å². The number of alkyl halides is 3. The molecule has 8 nitrogen and oxygen atoms in total. The van der Waals surface area contributed by atoms with E-state index in [1.54, 1.807) is 6.92 Å². The van der Waals surface area contributed by atoms with E-state index in [1.807, 2.05) is 0 Å². The number of aromatic nitrogens is 3. The van der Waals surface area contributed by atoms with Crippen LogP contribution >= 0.6 is 0 Å². The molecule has 0 aliphatic heterocycles. The molecular weight excluding hydrogens is 391 g/mol. The Morgan fingerprint density at radius 3 is 2.62 bits per heavy atom. The van der Waals surface area contributed by atoms with Gasteiger partial charge in [0.1, 0.15) is 5.69 Å². The van der Waals surface area contributed by atoms with Crippen molar-refractivity contribution in [1.29, 1.82) is 0 Å². The van der Waals surface area contributed by atoms with Gasteiger partial charge in [-0.1, -0.05) is 6.07 Å². The molecule has 2 heterocycles. The Morgan fingerprint density at radius 1 is 1.24 bits per heavy atom. The number of hydrogen-bond donors (Lipinski definition) is 2. The van der Waals surface area contributed by atoms with Crippen molar-refractivity contribution in [1.82, 2.24) is 20.3 Å². The Hall–Kier alpha value is -3.24. The summed E-state index contributed by atoms with van der Waals surface area (Å²) in [5.41, 5.74) is 0.630. The van der Waals surface area contributed by atoms with Crippen molar-refractivity contribution in [3.8, 4) is 5.88 Å². The number of nitrogens with one attached hydrogen (secondary N) is 2. The van der Waals surface area contributed by atoms with Crippen molar-refractivity contribution in [2.75, 3.05) is 11.9 Å². The van der Waals surface area contributed by atoms with Gasteiger partial charge in [-0.3, -0.25) is 14.9 Å². The zero-order chi connectivity index (χ0) is 21.0. The van der Waals surface area contributed by atoms with Gasteiger partial charge >= 0.3 is 6.18 Å². The number of ether oxygens (including phenoxy) is 1. The molecule has 1 unspecified atom stereocenters. The van der Waals surface area contributed by atoms with Crippen LogP contribution in [0.1, 0.15) is 41.9 Å². The van der Waals surface area contributed by atoms with Gasteiger partial charge in [-0.15, -0.1) is 0 Å². The minimum atomic E-state index is -4.45. The van der Waals surface area contributed by atoms with Crippen LogP contribution in [0.25, 0.3) is 0 Å². The zero-order valence-corrected chi connectivity index (χ0v) is 15.4. The Morgan fingerprint density at radius 2 is 2.00 bits per heavy atom. The monoisotopic (exact) mass is 409 g/mol. The van der Waals surface area contributed by atoms with Gasteiger partial charge in [0.05, 0.1) is 6.04 Å². The maximum atomic E-state index is 12.4. The Balaban J connectivity index is 1.57. The molecule has 2 aromatic heterocycles. The Bertz CT molecular complexity index is 885. The van der Waals surface area contributed by atoms with Crippen LogP contribution in [0, 0.1) is 5.92 Å². The van der Waals surface area contributed by atoms with Gasteiger partial charge < -0.3 is 10.1 Å². The third-order valence-electron chi connectivity index (χ3n) is 4.06. The van der Waals surface area contributed by atoms with Crippen LogP contribution < -0.4 is 15.4 Å². The van der Waals surface area contributed by atoms with Crippen molar-refractivity contribution in [3.05, 3.63) is 41.9 Å². The molecule has 0 spiro atoms. The molecule has 0 saturated heterocycles. The third kappa shape index (κ3) is 6.13. The average Bonchev–Trinajstić information content (AvgIpc) is 3.52. The first kappa shape index (κ1) is 20.5. The Labute approximate surface area is 163 Å². The molecule has 2 aromatic rings. The lowest BCUT2D eigenvalue weighted by Gasteiger charge is -2.15. The zero-order valence-electron chi connectivity index (χ0n) is 15.4. The summed E-state index contributed by atoms with van der Waals surface area (Å²) < 4.78 is 41.0. The topological polar surface area (TPSA) is 106 Å². The number of carbonyl (C=O) groups is 2. The van der Waals surface area contributed by atoms with E-state index in [1.165, 1.54) is 30.6 Å². The van der Waals surface area contributed by atoms with E-state index in [9.17, 15) is 22.8 Å². The number of rotatable bonds is 7. The highest BCUT2D eigenvalue weighted by Crippen LogP contribution is 2.29. The SMILES string of the molecule is CC(NC(=O)c1ccnc(NC(=O)C2CC2)n1)c1ccc(OCC(F)(F)F)nc1. The molecule has 29 heavy (non-hydrogen) atoms. The Kier molecular flexibility index (Phi) is 5.95. The maximum absolute atomic E-state index is 12.4. The molecule has 3 rings (SSSR count). The summed E-state index contributed by atoms with van der Waals surface area (Å²) in [6.07, 6.45) is -0.104. The lowest BCUT2D eigenvalue weighted by atomic mass is 10.1. The van der Waals surface area contributed by atoms with Crippen LogP contribution in [0.15, 0.2) is 30.6 Å². The summed E-state index contributed by atoms with van der Waals surface area (Å²) in [5.74, 6) is -0.813. The average molecular weight is 409 g/mol. The summed E-state index contributed by atoms with van der Waals surface area (Å²) in [6.45, 7) is 0.251. The minimum Gasteiger partial charge on any atom is -0.468 e. The largest absolute Gasteiger partial charge is 0.468 e. The summed E-state index contributed by atoms with van der Waals surface area (Å²) >= 11 is 0. The predicted octanol–water partition coefficient (Wildman–Crippen LogP) is 2.65. The molecule has 0 radical (unpaired) electrons. The second-order valence-electron chi connectivity index (χ2n) is 6.56. The molecule has 0 aromatic carbocycles. The molecule has 1 fully saturated rings. The van der Waals surface area contributed by atoms with Crippen molar-refractivity contribution in [3.63, 3.8) is 0 Å². The van der Waals surface area contributed by atoms with Crippen molar-refractivity contribution < 1.29 is 27.5 Å². The quantitative estimate of drug-likeness (QED) is 0.728. The van der Waals surface area contributed by atoms with Crippen molar-refractivity contribution in [2.45, 2.75) is 32.0 Å². The standard InChI is InChI=1S/C18H18F3N5O3/c1-10(12-4-5-14(23-8-12)29-9-18(19,20)21)24-16(28)13-6-7-22-17(25-13)26-15(27)11-2-3-11/h4-8,10-11H,2-3,9H2,1H3,(H,24,28)(H,22,25,26,27). The van der Waals surface area contributed by atoms with E-state index in [4.69, 9.17) is 0 Å². The number of halogens is 3. The molecule has 1 aliphatic rings. The number of nitrogens with zero attached hydrogens (tertiary/aromatic N) is 3. The lowest BCUT2D eigenvalue weighted by Crippen LogP contribution is -2.28. The highest BCUT2D eigenvalue weighted by atomic mass is 19.4. The first-order chi connectivity index (χ1) is 13.7. The lowest BCUT2D eigenvalue weighted by molar-refractivity contribution is -0.154. The van der Waals surface area contributed by atoms with Crippen LogP contribution in [-0.4, -0.2) is 39.5 Å². The van der Waals surface area contributed by atoms with E-state index in [-0.39, 0.29) is 29.3 Å². The van der Waals surface area contributed by atoms with E-state index in [0.29, 0.717) is 5.56 Å².